The molecule has 0 bridgehead atoms. The molecule has 0 aliphatic rings. The molecule has 0 spiro atoms. The van der Waals surface area contributed by atoms with Crippen molar-refractivity contribution in [1.82, 2.24) is 9.55 Å². The summed E-state index contributed by atoms with van der Waals surface area (Å²) in [6, 6.07) is 4.17. The van der Waals surface area contributed by atoms with Gasteiger partial charge in [-0.1, -0.05) is 40.3 Å². The lowest BCUT2D eigenvalue weighted by molar-refractivity contribution is -0.131. The van der Waals surface area contributed by atoms with Gasteiger partial charge in [0.1, 0.15) is 0 Å². The van der Waals surface area contributed by atoms with Crippen LogP contribution >= 0.6 is 0 Å². The first kappa shape index (κ1) is 20.9. The minimum Gasteiger partial charge on any atom is -0.467 e. The molecular weight excluding hydrogens is 336 g/mol. The molecule has 2 heterocycles. The Morgan fingerprint density at radius 3 is 2.56 bits per heavy atom. The molecule has 4 heteroatoms. The van der Waals surface area contributed by atoms with Crippen molar-refractivity contribution in [2.24, 2.45) is 5.41 Å². The Kier molecular flexibility index (Phi) is 7.00. The van der Waals surface area contributed by atoms with Crippen molar-refractivity contribution >= 4 is 12.5 Å². The van der Waals surface area contributed by atoms with Gasteiger partial charge in [0.2, 0.25) is 0 Å². The van der Waals surface area contributed by atoms with Crippen molar-refractivity contribution in [2.45, 2.75) is 60.4 Å². The van der Waals surface area contributed by atoms with Gasteiger partial charge in [-0.2, -0.15) is 0 Å². The third-order valence-corrected chi connectivity index (χ3v) is 5.05. The zero-order valence-corrected chi connectivity index (χ0v) is 17.3. The van der Waals surface area contributed by atoms with Gasteiger partial charge in [0.05, 0.1) is 12.3 Å². The van der Waals surface area contributed by atoms with Crippen LogP contribution in [0.1, 0.15) is 57.1 Å². The molecule has 0 aliphatic heterocycles. The zero-order chi connectivity index (χ0) is 20.0. The molecule has 0 amide bonds. The van der Waals surface area contributed by atoms with Gasteiger partial charge in [0.15, 0.2) is 0 Å². The van der Waals surface area contributed by atoms with E-state index >= 15 is 0 Å². The Morgan fingerprint density at radius 2 is 2.00 bits per heavy atom. The first-order valence-corrected chi connectivity index (χ1v) is 9.80. The minimum absolute atomic E-state index is 0.174. The molecule has 0 atom stereocenters. The summed E-state index contributed by atoms with van der Waals surface area (Å²) in [4.78, 5) is 15.3. The number of pyridine rings is 1. The molecule has 2 aromatic rings. The second kappa shape index (κ2) is 9.03. The fourth-order valence-corrected chi connectivity index (χ4v) is 3.93. The van der Waals surface area contributed by atoms with Gasteiger partial charge >= 0.3 is 0 Å². The maximum Gasteiger partial charge on any atom is 0.293 e. The van der Waals surface area contributed by atoms with Crippen molar-refractivity contribution < 1.29 is 9.53 Å². The summed E-state index contributed by atoms with van der Waals surface area (Å²) < 4.78 is 7.50. The van der Waals surface area contributed by atoms with E-state index in [1.807, 2.05) is 18.3 Å². The molecule has 4 nitrogen and oxygen atoms in total. The lowest BCUT2D eigenvalue weighted by atomic mass is 9.83. The van der Waals surface area contributed by atoms with Gasteiger partial charge in [-0.05, 0) is 49.4 Å². The summed E-state index contributed by atoms with van der Waals surface area (Å²) in [6.07, 6.45) is 6.46. The van der Waals surface area contributed by atoms with Crippen LogP contribution in [0.25, 0.3) is 17.3 Å². The largest absolute Gasteiger partial charge is 0.467 e. The quantitative estimate of drug-likeness (QED) is 0.549. The number of hydrogen-bond acceptors (Lipinski definition) is 3. The maximum absolute atomic E-state index is 10.7. The van der Waals surface area contributed by atoms with Crippen LogP contribution in [0.5, 0.6) is 0 Å². The summed E-state index contributed by atoms with van der Waals surface area (Å²) in [7, 11) is 0. The van der Waals surface area contributed by atoms with Crippen molar-refractivity contribution in [1.29, 1.82) is 0 Å². The molecule has 0 unspecified atom stereocenters. The highest BCUT2D eigenvalue weighted by Crippen LogP contribution is 2.38. The van der Waals surface area contributed by atoms with Crippen LogP contribution in [0.2, 0.25) is 0 Å². The van der Waals surface area contributed by atoms with Crippen LogP contribution in [0.3, 0.4) is 0 Å². The smallest absolute Gasteiger partial charge is 0.293 e. The molecule has 2 rings (SSSR count). The van der Waals surface area contributed by atoms with E-state index in [9.17, 15) is 4.79 Å². The second-order valence-electron chi connectivity index (χ2n) is 7.59. The molecule has 2 aromatic heterocycles. The fourth-order valence-electron chi connectivity index (χ4n) is 3.93. The van der Waals surface area contributed by atoms with Gasteiger partial charge in [0.25, 0.3) is 6.47 Å². The molecule has 0 aliphatic carbocycles. The Morgan fingerprint density at radius 1 is 1.26 bits per heavy atom. The maximum atomic E-state index is 10.7. The van der Waals surface area contributed by atoms with E-state index in [0.29, 0.717) is 13.1 Å². The number of aromatic nitrogens is 2. The van der Waals surface area contributed by atoms with Crippen molar-refractivity contribution in [3.63, 3.8) is 0 Å². The Labute approximate surface area is 163 Å². The highest BCUT2D eigenvalue weighted by atomic mass is 16.5. The average molecular weight is 369 g/mol. The van der Waals surface area contributed by atoms with E-state index in [1.54, 1.807) is 0 Å². The van der Waals surface area contributed by atoms with Gasteiger partial charge in [-0.25, -0.2) is 0 Å². The van der Waals surface area contributed by atoms with Crippen molar-refractivity contribution in [3.8, 4) is 11.3 Å². The van der Waals surface area contributed by atoms with E-state index in [-0.39, 0.29) is 5.41 Å². The number of hydrogen-bond donors (Lipinski definition) is 0. The first-order chi connectivity index (χ1) is 12.9. The van der Waals surface area contributed by atoms with E-state index in [4.69, 9.17) is 4.74 Å². The molecule has 0 saturated heterocycles. The fraction of sp³-hybridized carbons (Fsp3) is 0.478. The van der Waals surface area contributed by atoms with Gasteiger partial charge in [-0.15, -0.1) is 0 Å². The summed E-state index contributed by atoms with van der Waals surface area (Å²) in [6.45, 7) is 16.7. The van der Waals surface area contributed by atoms with Crippen LogP contribution in [-0.2, 0) is 35.3 Å². The monoisotopic (exact) mass is 368 g/mol. The van der Waals surface area contributed by atoms with E-state index in [2.05, 4.69) is 56.8 Å². The molecule has 0 fully saturated rings. The van der Waals surface area contributed by atoms with Crippen molar-refractivity contribution in [2.75, 3.05) is 6.61 Å². The topological polar surface area (TPSA) is 44.1 Å². The normalized spacial score (nSPS) is 11.4. The standard InChI is InChI=1S/C23H32N2O2/c1-7-17-19(14-23(5,6)15-27-16-26)22(25(10-4)21(17)9-3)18-12-11-13-24-20(18)8-2/h7,11-13,16H,1,8-10,14-15H2,2-6H3. The predicted molar refractivity (Wildman–Crippen MR) is 112 cm³/mol. The summed E-state index contributed by atoms with van der Waals surface area (Å²) >= 11 is 0. The number of nitrogens with zero attached hydrogens (tertiary/aromatic N) is 2. The van der Waals surface area contributed by atoms with Crippen LogP contribution in [-0.4, -0.2) is 22.6 Å². The first-order valence-electron chi connectivity index (χ1n) is 9.80. The minimum atomic E-state index is -0.174. The van der Waals surface area contributed by atoms with Crippen molar-refractivity contribution in [3.05, 3.63) is 47.4 Å². The Bertz CT molecular complexity index is 803. The second-order valence-corrected chi connectivity index (χ2v) is 7.59. The van der Waals surface area contributed by atoms with E-state index in [1.165, 1.54) is 28.1 Å². The summed E-state index contributed by atoms with van der Waals surface area (Å²) in [5.74, 6) is 0. The molecule has 146 valence electrons. The Hall–Kier alpha value is -2.36. The molecule has 0 saturated carbocycles. The summed E-state index contributed by atoms with van der Waals surface area (Å²) in [5.41, 5.74) is 7.12. The lowest BCUT2D eigenvalue weighted by Gasteiger charge is -2.24. The predicted octanol–water partition coefficient (Wildman–Crippen LogP) is 5.08. The third kappa shape index (κ3) is 4.32. The van der Waals surface area contributed by atoms with Gasteiger partial charge < -0.3 is 9.30 Å². The van der Waals surface area contributed by atoms with Gasteiger partial charge in [0, 0.05) is 35.1 Å². The average Bonchev–Trinajstić information content (AvgIpc) is 2.97. The van der Waals surface area contributed by atoms with Crippen LogP contribution in [0.15, 0.2) is 24.9 Å². The van der Waals surface area contributed by atoms with Crippen LogP contribution in [0.4, 0.5) is 0 Å². The number of carbonyl (C=O) groups excluding carboxylic acids is 1. The highest BCUT2D eigenvalue weighted by Gasteiger charge is 2.28. The number of aryl methyl sites for hydroxylation is 1. The molecule has 0 N–H and O–H groups in total. The summed E-state index contributed by atoms with van der Waals surface area (Å²) in [5, 5.41) is 0. The third-order valence-electron chi connectivity index (χ3n) is 5.05. The highest BCUT2D eigenvalue weighted by molar-refractivity contribution is 5.74. The number of carbonyl (C=O) groups is 1. The van der Waals surface area contributed by atoms with E-state index < -0.39 is 0 Å². The van der Waals surface area contributed by atoms with E-state index in [0.717, 1.165) is 31.5 Å². The SMILES string of the molecule is C=Cc1c(CC(C)(C)COC=O)c(-c2cccnc2CC)n(CC)c1CC. The zero-order valence-electron chi connectivity index (χ0n) is 17.3. The number of ether oxygens (including phenoxy) is 1. The van der Waals surface area contributed by atoms with Crippen LogP contribution in [0, 0.1) is 5.41 Å². The molecule has 27 heavy (non-hydrogen) atoms. The number of rotatable bonds is 10. The lowest BCUT2D eigenvalue weighted by Crippen LogP contribution is -2.22. The Balaban J connectivity index is 2.75. The van der Waals surface area contributed by atoms with Crippen LogP contribution < -0.4 is 0 Å². The molecule has 0 aromatic carbocycles. The molecule has 0 radical (unpaired) electrons. The van der Waals surface area contributed by atoms with Gasteiger partial charge in [-0.3, -0.25) is 9.78 Å². The molecular formula is C23H32N2O2.